The van der Waals surface area contributed by atoms with Crippen molar-refractivity contribution in [2.75, 3.05) is 16.8 Å². The van der Waals surface area contributed by atoms with Crippen molar-refractivity contribution < 1.29 is 0 Å². The zero-order valence-corrected chi connectivity index (χ0v) is 23.5. The van der Waals surface area contributed by atoms with E-state index in [1.54, 1.807) is 0 Å². The van der Waals surface area contributed by atoms with E-state index in [1.807, 2.05) is 0 Å². The molecule has 0 rings (SSSR count). The molecule has 0 unspecified atom stereocenters. The van der Waals surface area contributed by atoms with Gasteiger partial charge in [-0.3, -0.25) is 0 Å². The van der Waals surface area contributed by atoms with Crippen LogP contribution in [-0.2, 0) is 0 Å². The molecule has 0 aromatic carbocycles. The second kappa shape index (κ2) is 7.87. The summed E-state index contributed by atoms with van der Waals surface area (Å²) in [7, 11) is 0. The standard InChI is InChI=1S/C12H22Br6ClP/c1-6-20(19,11(15,16)9(2,3)7-13)12(17,18)10(4,5)8-14/h20H,6-8H2,1-5H3. The summed E-state index contributed by atoms with van der Waals surface area (Å²) in [5.41, 5.74) is -0.0989. The first kappa shape index (κ1) is 23.6. The summed E-state index contributed by atoms with van der Waals surface area (Å²) in [6, 6.07) is 0. The zero-order valence-electron chi connectivity index (χ0n) is 12.3. The molecular formula is C12H22Br6ClP. The average Bonchev–Trinajstić information content (AvgIpc) is 2.36. The van der Waals surface area contributed by atoms with Gasteiger partial charge in [0.05, 0.1) is 0 Å². The van der Waals surface area contributed by atoms with E-state index < -0.39 is 6.62 Å². The van der Waals surface area contributed by atoms with Gasteiger partial charge in [-0.15, -0.1) is 0 Å². The van der Waals surface area contributed by atoms with Crippen LogP contribution in [0.4, 0.5) is 0 Å². The maximum absolute atomic E-state index is 7.34. The molecule has 0 amide bonds. The van der Waals surface area contributed by atoms with E-state index in [4.69, 9.17) is 11.2 Å². The van der Waals surface area contributed by atoms with Gasteiger partial charge < -0.3 is 0 Å². The van der Waals surface area contributed by atoms with E-state index >= 15 is 0 Å². The van der Waals surface area contributed by atoms with Crippen LogP contribution in [0.5, 0.6) is 0 Å². The summed E-state index contributed by atoms with van der Waals surface area (Å²) in [4.78, 5) is 0. The fourth-order valence-electron chi connectivity index (χ4n) is 1.88. The molecule has 0 aromatic rings. The second-order valence-electron chi connectivity index (χ2n) is 6.34. The van der Waals surface area contributed by atoms with Crippen LogP contribution in [0.15, 0.2) is 0 Å². The molecule has 8 heteroatoms. The first-order valence-corrected chi connectivity index (χ1v) is 14.9. The normalized spacial score (nSPS) is 16.4. The number of rotatable bonds is 7. The van der Waals surface area contributed by atoms with Crippen LogP contribution in [0.2, 0.25) is 0 Å². The minimum atomic E-state index is -2.41. The Hall–Kier alpha value is 3.60. The van der Waals surface area contributed by atoms with E-state index in [0.717, 1.165) is 16.8 Å². The molecule has 0 fully saturated rings. The van der Waals surface area contributed by atoms with Gasteiger partial charge in [-0.25, -0.2) is 0 Å². The quantitative estimate of drug-likeness (QED) is 0.183. The summed E-state index contributed by atoms with van der Waals surface area (Å²) in [6.07, 6.45) is 0.911. The van der Waals surface area contributed by atoms with Gasteiger partial charge in [-0.2, -0.15) is 0 Å². The van der Waals surface area contributed by atoms with Crippen LogP contribution in [0.25, 0.3) is 0 Å². The minimum absolute atomic E-state index is 0.0494. The molecule has 0 bridgehead atoms. The first-order valence-electron chi connectivity index (χ1n) is 6.25. The predicted octanol–water partition coefficient (Wildman–Crippen LogP) is 8.64. The Morgan fingerprint density at radius 3 is 1.20 bits per heavy atom. The molecule has 0 saturated carbocycles. The van der Waals surface area contributed by atoms with Gasteiger partial charge in [0.1, 0.15) is 0 Å². The maximum atomic E-state index is 7.34. The molecule has 0 aromatic heterocycles. The zero-order chi connectivity index (χ0) is 16.6. The van der Waals surface area contributed by atoms with Crippen molar-refractivity contribution in [1.82, 2.24) is 0 Å². The van der Waals surface area contributed by atoms with Crippen LogP contribution in [0.3, 0.4) is 0 Å². The van der Waals surface area contributed by atoms with Crippen LogP contribution in [0, 0.1) is 10.8 Å². The molecular weight excluding hydrogens is 690 g/mol. The second-order valence-corrected chi connectivity index (χ2v) is 23.0. The Morgan fingerprint density at radius 1 is 0.800 bits per heavy atom. The summed E-state index contributed by atoms with van der Waals surface area (Å²) >= 11 is 30.4. The Balaban J connectivity index is 6.09. The fraction of sp³-hybridized carbons (Fsp3) is 1.00. The Morgan fingerprint density at radius 2 is 1.05 bits per heavy atom. The topological polar surface area (TPSA) is 0 Å². The van der Waals surface area contributed by atoms with Gasteiger partial charge in [-0.05, 0) is 0 Å². The van der Waals surface area contributed by atoms with Crippen molar-refractivity contribution in [2.45, 2.75) is 40.6 Å². The summed E-state index contributed by atoms with van der Waals surface area (Å²) in [5, 5.41) is 1.70. The van der Waals surface area contributed by atoms with Gasteiger partial charge in [0.2, 0.25) is 0 Å². The third-order valence-electron chi connectivity index (χ3n) is 3.85. The van der Waals surface area contributed by atoms with Gasteiger partial charge in [-0.1, -0.05) is 0 Å². The monoisotopic (exact) mass is 706 g/mol. The van der Waals surface area contributed by atoms with Crippen LogP contribution in [0.1, 0.15) is 34.6 Å². The van der Waals surface area contributed by atoms with Crippen LogP contribution < -0.4 is 0 Å². The molecule has 124 valence electrons. The molecule has 0 aliphatic carbocycles. The SMILES string of the molecule is CC[PH](Cl)(C(Br)(Br)C(C)(C)CBr)C(Br)(Br)C(C)(C)CBr. The Kier molecular flexibility index (Phi) is 9.29. The fourth-order valence-corrected chi connectivity index (χ4v) is 20.6. The van der Waals surface area contributed by atoms with Crippen molar-refractivity contribution in [1.29, 1.82) is 0 Å². The van der Waals surface area contributed by atoms with E-state index in [2.05, 4.69) is 130 Å². The number of hydrogen-bond donors (Lipinski definition) is 0. The van der Waals surface area contributed by atoms with Crippen molar-refractivity contribution in [3.63, 3.8) is 0 Å². The van der Waals surface area contributed by atoms with Gasteiger partial charge in [0, 0.05) is 0 Å². The molecule has 0 saturated heterocycles. The summed E-state index contributed by atoms with van der Waals surface area (Å²) in [5.74, 6) is 0. The van der Waals surface area contributed by atoms with Crippen molar-refractivity contribution >= 4 is 113 Å². The molecule has 20 heavy (non-hydrogen) atoms. The molecule has 0 aliphatic rings. The summed E-state index contributed by atoms with van der Waals surface area (Å²) in [6.45, 7) is 8.60. The van der Waals surface area contributed by atoms with Crippen LogP contribution in [-0.4, -0.2) is 22.8 Å². The third kappa shape index (κ3) is 3.88. The van der Waals surface area contributed by atoms with Crippen molar-refractivity contribution in [3.05, 3.63) is 0 Å². The van der Waals surface area contributed by atoms with Crippen LogP contribution >= 0.6 is 113 Å². The third-order valence-corrected chi connectivity index (χ3v) is 28.6. The first-order chi connectivity index (χ1) is 8.68. The molecule has 0 radical (unpaired) electrons. The molecule has 0 N–H and O–H groups in total. The van der Waals surface area contributed by atoms with Crippen molar-refractivity contribution in [3.8, 4) is 0 Å². The molecule has 0 spiro atoms. The van der Waals surface area contributed by atoms with Gasteiger partial charge >= 0.3 is 182 Å². The predicted molar refractivity (Wildman–Crippen MR) is 121 cm³/mol. The van der Waals surface area contributed by atoms with E-state index in [1.165, 1.54) is 0 Å². The molecule has 0 heterocycles. The van der Waals surface area contributed by atoms with E-state index in [9.17, 15) is 0 Å². The van der Waals surface area contributed by atoms with E-state index in [-0.39, 0.29) is 16.8 Å². The summed E-state index contributed by atoms with van der Waals surface area (Å²) < 4.78 is -0.682. The van der Waals surface area contributed by atoms with Gasteiger partial charge in [0.15, 0.2) is 0 Å². The van der Waals surface area contributed by atoms with Gasteiger partial charge in [0.25, 0.3) is 0 Å². The van der Waals surface area contributed by atoms with E-state index in [0.29, 0.717) is 0 Å². The molecule has 0 atom stereocenters. The average molecular weight is 712 g/mol. The van der Waals surface area contributed by atoms with Crippen molar-refractivity contribution in [2.24, 2.45) is 10.8 Å². The number of alkyl halides is 6. The number of halogens is 7. The Labute approximate surface area is 179 Å². The Bertz CT molecular complexity index is 315. The number of hydrogen-bond acceptors (Lipinski definition) is 0. The molecule has 0 nitrogen and oxygen atoms in total. The molecule has 0 aliphatic heterocycles.